The van der Waals surface area contributed by atoms with Gasteiger partial charge in [-0.15, -0.1) is 10.2 Å². The number of carbonyl (C=O) groups is 2. The van der Waals surface area contributed by atoms with E-state index in [1.807, 2.05) is 0 Å². The van der Waals surface area contributed by atoms with Crippen LogP contribution in [0.3, 0.4) is 0 Å². The Morgan fingerprint density at radius 3 is 2.50 bits per heavy atom. The van der Waals surface area contributed by atoms with Gasteiger partial charge in [-0.1, -0.05) is 24.3 Å². The first-order chi connectivity index (χ1) is 10.5. The van der Waals surface area contributed by atoms with Gasteiger partial charge in [0.05, 0.1) is 0 Å². The Hall–Kier alpha value is -2.90. The van der Waals surface area contributed by atoms with Crippen molar-refractivity contribution in [1.29, 1.82) is 0 Å². The third kappa shape index (κ3) is 6.51. The summed E-state index contributed by atoms with van der Waals surface area (Å²) in [4.78, 5) is 21.9. The van der Waals surface area contributed by atoms with E-state index in [0.717, 1.165) is 11.9 Å². The zero-order valence-corrected chi connectivity index (χ0v) is 12.0. The highest BCUT2D eigenvalue weighted by atomic mass is 16.4. The maximum atomic E-state index is 11.5. The number of rotatable bonds is 8. The monoisotopic (exact) mass is 305 g/mol. The normalized spacial score (nSPS) is 11.5. The van der Waals surface area contributed by atoms with Gasteiger partial charge in [-0.2, -0.15) is 0 Å². The van der Waals surface area contributed by atoms with Crippen molar-refractivity contribution in [3.05, 3.63) is 35.4 Å². The first-order valence-corrected chi connectivity index (χ1v) is 6.67. The molecular weight excluding hydrogens is 286 g/mol. The highest BCUT2D eigenvalue weighted by Gasteiger charge is 2.04. The van der Waals surface area contributed by atoms with E-state index in [1.165, 1.54) is 0 Å². The van der Waals surface area contributed by atoms with Gasteiger partial charge in [-0.25, -0.2) is 0 Å². The lowest BCUT2D eigenvalue weighted by Crippen LogP contribution is -2.22. The number of carboxylic acid groups (broad SMARTS) is 1. The second kappa shape index (κ2) is 9.11. The van der Waals surface area contributed by atoms with Gasteiger partial charge in [0.2, 0.25) is 5.91 Å². The van der Waals surface area contributed by atoms with Crippen LogP contribution in [0, 0.1) is 0 Å². The smallest absolute Gasteiger partial charge is 0.303 e. The molecule has 0 aromatic heterocycles. The molecule has 0 atom stereocenters. The standard InChI is InChI=1S/C14H19N5O3/c15-9-18-19-14(16)11-6-4-10(5-7-11)8-17-12(20)2-1-3-13(21)22/h4-7,9H,1-3,8H2,(H2,15,18)(H2,16,19)(H,17,20)(H,21,22). The molecular formula is C14H19N5O3. The van der Waals surface area contributed by atoms with Gasteiger partial charge in [0.1, 0.15) is 6.34 Å². The van der Waals surface area contributed by atoms with Crippen LogP contribution < -0.4 is 16.8 Å². The summed E-state index contributed by atoms with van der Waals surface area (Å²) >= 11 is 0. The number of amidine groups is 1. The third-order valence-corrected chi connectivity index (χ3v) is 2.77. The van der Waals surface area contributed by atoms with Crippen molar-refractivity contribution >= 4 is 24.1 Å². The van der Waals surface area contributed by atoms with Crippen molar-refractivity contribution < 1.29 is 14.7 Å². The molecule has 0 radical (unpaired) electrons. The maximum Gasteiger partial charge on any atom is 0.303 e. The predicted octanol–water partition coefficient (Wildman–Crippen LogP) is 0.165. The molecule has 1 aromatic rings. The first-order valence-electron chi connectivity index (χ1n) is 6.67. The molecule has 22 heavy (non-hydrogen) atoms. The lowest BCUT2D eigenvalue weighted by atomic mass is 10.1. The fraction of sp³-hybridized carbons (Fsp3) is 0.286. The van der Waals surface area contributed by atoms with Gasteiger partial charge in [0.25, 0.3) is 0 Å². The molecule has 0 spiro atoms. The van der Waals surface area contributed by atoms with E-state index in [4.69, 9.17) is 16.6 Å². The van der Waals surface area contributed by atoms with E-state index in [9.17, 15) is 9.59 Å². The molecule has 0 saturated heterocycles. The summed E-state index contributed by atoms with van der Waals surface area (Å²) < 4.78 is 0. The number of carboxylic acids is 1. The Labute approximate surface area is 127 Å². The minimum atomic E-state index is -0.901. The molecule has 8 heteroatoms. The molecule has 1 amide bonds. The molecule has 0 unspecified atom stereocenters. The number of carbonyl (C=O) groups excluding carboxylic acids is 1. The van der Waals surface area contributed by atoms with E-state index in [0.29, 0.717) is 18.5 Å². The van der Waals surface area contributed by atoms with Crippen LogP contribution in [0.5, 0.6) is 0 Å². The number of hydrogen-bond acceptors (Lipinski definition) is 4. The maximum absolute atomic E-state index is 11.5. The minimum absolute atomic E-state index is 0.00793. The molecule has 6 N–H and O–H groups in total. The number of hydrogen-bond donors (Lipinski definition) is 4. The van der Waals surface area contributed by atoms with Crippen LogP contribution in [0.25, 0.3) is 0 Å². The van der Waals surface area contributed by atoms with Gasteiger partial charge in [0, 0.05) is 24.9 Å². The molecule has 1 rings (SSSR count). The molecule has 0 aliphatic rings. The number of nitrogens with one attached hydrogen (secondary N) is 1. The average molecular weight is 305 g/mol. The summed E-state index contributed by atoms with van der Waals surface area (Å²) in [6.45, 7) is 0.365. The lowest BCUT2D eigenvalue weighted by molar-refractivity contribution is -0.137. The highest BCUT2D eigenvalue weighted by molar-refractivity contribution is 5.97. The molecule has 0 bridgehead atoms. The van der Waals surface area contributed by atoms with E-state index in [1.54, 1.807) is 24.3 Å². The SMILES string of the molecule is N/C=N\N=C(/N)c1ccc(CNC(=O)CCCC(=O)O)cc1. The topological polar surface area (TPSA) is 143 Å². The van der Waals surface area contributed by atoms with Crippen LogP contribution in [0.4, 0.5) is 0 Å². The number of nitrogens with two attached hydrogens (primary N) is 2. The fourth-order valence-electron chi connectivity index (χ4n) is 1.64. The van der Waals surface area contributed by atoms with E-state index in [-0.39, 0.29) is 24.6 Å². The van der Waals surface area contributed by atoms with Crippen LogP contribution in [0.15, 0.2) is 34.5 Å². The van der Waals surface area contributed by atoms with Crippen LogP contribution in [-0.2, 0) is 16.1 Å². The third-order valence-electron chi connectivity index (χ3n) is 2.77. The van der Waals surface area contributed by atoms with Crippen LogP contribution in [0.1, 0.15) is 30.4 Å². The largest absolute Gasteiger partial charge is 0.481 e. The van der Waals surface area contributed by atoms with Crippen molar-refractivity contribution in [1.82, 2.24) is 5.32 Å². The Morgan fingerprint density at radius 1 is 1.23 bits per heavy atom. The number of nitrogens with zero attached hydrogens (tertiary/aromatic N) is 2. The van der Waals surface area contributed by atoms with E-state index < -0.39 is 5.97 Å². The molecule has 1 aromatic carbocycles. The molecule has 0 heterocycles. The fourth-order valence-corrected chi connectivity index (χ4v) is 1.64. The Bertz CT molecular complexity index is 566. The number of amides is 1. The van der Waals surface area contributed by atoms with Crippen molar-refractivity contribution in [2.45, 2.75) is 25.8 Å². The van der Waals surface area contributed by atoms with Gasteiger partial charge in [0.15, 0.2) is 5.84 Å². The van der Waals surface area contributed by atoms with Gasteiger partial charge in [-0.3, -0.25) is 9.59 Å². The summed E-state index contributed by atoms with van der Waals surface area (Å²) in [6, 6.07) is 7.14. The summed E-state index contributed by atoms with van der Waals surface area (Å²) in [5, 5.41) is 18.4. The first kappa shape index (κ1) is 17.2. The summed E-state index contributed by atoms with van der Waals surface area (Å²) in [7, 11) is 0. The van der Waals surface area contributed by atoms with E-state index >= 15 is 0 Å². The van der Waals surface area contributed by atoms with Crippen molar-refractivity contribution in [2.75, 3.05) is 0 Å². The zero-order valence-electron chi connectivity index (χ0n) is 12.0. The minimum Gasteiger partial charge on any atom is -0.481 e. The second-order valence-corrected chi connectivity index (χ2v) is 4.47. The predicted molar refractivity (Wildman–Crippen MR) is 83.2 cm³/mol. The quantitative estimate of drug-likeness (QED) is 0.307. The van der Waals surface area contributed by atoms with Gasteiger partial charge < -0.3 is 21.9 Å². The van der Waals surface area contributed by atoms with E-state index in [2.05, 4.69) is 15.5 Å². The van der Waals surface area contributed by atoms with Crippen LogP contribution >= 0.6 is 0 Å². The molecule has 8 nitrogen and oxygen atoms in total. The molecule has 118 valence electrons. The molecule has 0 saturated carbocycles. The molecule has 0 fully saturated rings. The summed E-state index contributed by atoms with van der Waals surface area (Å²) in [6.07, 6.45) is 1.56. The van der Waals surface area contributed by atoms with Gasteiger partial charge >= 0.3 is 5.97 Å². The molecule has 0 aliphatic carbocycles. The highest BCUT2D eigenvalue weighted by Crippen LogP contribution is 2.05. The van der Waals surface area contributed by atoms with Crippen molar-refractivity contribution in [3.63, 3.8) is 0 Å². The molecule has 0 aliphatic heterocycles. The van der Waals surface area contributed by atoms with Crippen molar-refractivity contribution in [2.24, 2.45) is 21.7 Å². The zero-order chi connectivity index (χ0) is 16.4. The Balaban J connectivity index is 2.44. The van der Waals surface area contributed by atoms with Gasteiger partial charge in [-0.05, 0) is 12.0 Å². The lowest BCUT2D eigenvalue weighted by Gasteiger charge is -2.06. The van der Waals surface area contributed by atoms with Crippen LogP contribution in [-0.4, -0.2) is 29.2 Å². The Kier molecular flexibility index (Phi) is 7.10. The number of benzene rings is 1. The summed E-state index contributed by atoms with van der Waals surface area (Å²) in [5.41, 5.74) is 12.4. The van der Waals surface area contributed by atoms with Crippen molar-refractivity contribution in [3.8, 4) is 0 Å². The summed E-state index contributed by atoms with van der Waals surface area (Å²) in [5.74, 6) is -0.837. The average Bonchev–Trinajstić information content (AvgIpc) is 2.50. The second-order valence-electron chi connectivity index (χ2n) is 4.47. The van der Waals surface area contributed by atoms with Crippen LogP contribution in [0.2, 0.25) is 0 Å². The Morgan fingerprint density at radius 2 is 1.91 bits per heavy atom. The number of aliphatic carboxylic acids is 1.